The number of thiocarbonyl (C=S) groups is 1. The van der Waals surface area contributed by atoms with Crippen molar-refractivity contribution in [2.45, 2.75) is 6.61 Å². The SMILES string of the molecule is COc1cc(/C=C2\SC(=S)N(c3cccc(F)c3)C2=O)c([N+](=O)[O-])cc1OCc1ccccc1. The van der Waals surface area contributed by atoms with Crippen LogP contribution in [0, 0.1) is 15.9 Å². The monoisotopic (exact) mass is 496 g/mol. The molecule has 3 aromatic carbocycles. The number of nitro groups is 1. The van der Waals surface area contributed by atoms with Gasteiger partial charge in [0.25, 0.3) is 11.6 Å². The van der Waals surface area contributed by atoms with Gasteiger partial charge in [-0.1, -0.05) is 60.4 Å². The fourth-order valence-corrected chi connectivity index (χ4v) is 4.58. The van der Waals surface area contributed by atoms with Crippen LogP contribution in [0.1, 0.15) is 11.1 Å². The Morgan fingerprint density at radius 3 is 2.56 bits per heavy atom. The Balaban J connectivity index is 1.67. The fourth-order valence-electron chi connectivity index (χ4n) is 3.29. The third-order valence-electron chi connectivity index (χ3n) is 4.89. The smallest absolute Gasteiger partial charge is 0.280 e. The molecule has 1 aliphatic heterocycles. The topological polar surface area (TPSA) is 81.9 Å². The highest BCUT2D eigenvalue weighted by Gasteiger charge is 2.34. The molecule has 0 spiro atoms. The standard InChI is InChI=1S/C24H17FN2O5S2/c1-31-20-10-16(19(27(29)30)13-21(20)32-14-15-6-3-2-4-7-15)11-22-23(28)26(24(33)34-22)18-9-5-8-17(25)12-18/h2-13H,14H2,1H3/b22-11-. The molecular weight excluding hydrogens is 479 g/mol. The number of rotatable bonds is 7. The van der Waals surface area contributed by atoms with Crippen LogP contribution in [-0.2, 0) is 11.4 Å². The zero-order valence-corrected chi connectivity index (χ0v) is 19.4. The molecule has 0 atom stereocenters. The lowest BCUT2D eigenvalue weighted by Crippen LogP contribution is -2.27. The van der Waals surface area contributed by atoms with Gasteiger partial charge in [-0.25, -0.2) is 4.39 Å². The number of amides is 1. The molecule has 0 aliphatic carbocycles. The molecule has 1 amide bonds. The average molecular weight is 497 g/mol. The summed E-state index contributed by atoms with van der Waals surface area (Å²) in [4.78, 5) is 25.6. The van der Waals surface area contributed by atoms with Crippen LogP contribution in [0.5, 0.6) is 11.5 Å². The Morgan fingerprint density at radius 1 is 1.12 bits per heavy atom. The first kappa shape index (κ1) is 23.4. The fraction of sp³-hybridized carbons (Fsp3) is 0.0833. The molecule has 1 heterocycles. The molecule has 0 unspecified atom stereocenters. The van der Waals surface area contributed by atoms with Crippen LogP contribution in [-0.4, -0.2) is 22.3 Å². The number of carbonyl (C=O) groups excluding carboxylic acids is 1. The highest BCUT2D eigenvalue weighted by Crippen LogP contribution is 2.40. The van der Waals surface area contributed by atoms with Crippen molar-refractivity contribution in [3.63, 3.8) is 0 Å². The highest BCUT2D eigenvalue weighted by molar-refractivity contribution is 8.27. The van der Waals surface area contributed by atoms with E-state index >= 15 is 0 Å². The second-order valence-corrected chi connectivity index (χ2v) is 8.77. The quantitative estimate of drug-likeness (QED) is 0.179. The highest BCUT2D eigenvalue weighted by atomic mass is 32.2. The molecule has 1 aliphatic rings. The second kappa shape index (κ2) is 10.0. The summed E-state index contributed by atoms with van der Waals surface area (Å²) in [6.45, 7) is 0.194. The first-order valence-corrected chi connectivity index (χ1v) is 11.2. The number of hydrogen-bond donors (Lipinski definition) is 0. The van der Waals surface area contributed by atoms with Crippen LogP contribution in [0.3, 0.4) is 0 Å². The predicted molar refractivity (Wildman–Crippen MR) is 132 cm³/mol. The Morgan fingerprint density at radius 2 is 1.88 bits per heavy atom. The largest absolute Gasteiger partial charge is 0.493 e. The molecule has 172 valence electrons. The van der Waals surface area contributed by atoms with E-state index in [1.54, 1.807) is 6.07 Å². The summed E-state index contributed by atoms with van der Waals surface area (Å²) in [5, 5.41) is 11.8. The van der Waals surface area contributed by atoms with Gasteiger partial charge in [0.15, 0.2) is 15.8 Å². The van der Waals surface area contributed by atoms with Crippen LogP contribution < -0.4 is 14.4 Å². The summed E-state index contributed by atoms with van der Waals surface area (Å²) >= 11 is 6.27. The first-order valence-electron chi connectivity index (χ1n) is 9.94. The molecule has 0 radical (unpaired) electrons. The van der Waals surface area contributed by atoms with Crippen molar-refractivity contribution in [2.75, 3.05) is 12.0 Å². The van der Waals surface area contributed by atoms with Gasteiger partial charge in [0, 0.05) is 0 Å². The molecule has 0 bridgehead atoms. The van der Waals surface area contributed by atoms with E-state index in [-0.39, 0.29) is 44.3 Å². The van der Waals surface area contributed by atoms with Crippen LogP contribution >= 0.6 is 24.0 Å². The molecule has 3 aromatic rings. The van der Waals surface area contributed by atoms with E-state index in [9.17, 15) is 19.3 Å². The number of methoxy groups -OCH3 is 1. The molecule has 4 rings (SSSR count). The Labute approximate surface area is 203 Å². The van der Waals surface area contributed by atoms with Crippen LogP contribution in [0.15, 0.2) is 71.6 Å². The molecule has 10 heteroatoms. The lowest BCUT2D eigenvalue weighted by atomic mass is 10.1. The van der Waals surface area contributed by atoms with Crippen LogP contribution in [0.4, 0.5) is 15.8 Å². The van der Waals surface area contributed by atoms with Crippen molar-refractivity contribution in [3.8, 4) is 11.5 Å². The molecule has 1 saturated heterocycles. The maximum Gasteiger partial charge on any atom is 0.280 e. The first-order chi connectivity index (χ1) is 16.4. The Bertz CT molecular complexity index is 1310. The van der Waals surface area contributed by atoms with E-state index < -0.39 is 16.6 Å². The van der Waals surface area contributed by atoms with Crippen LogP contribution in [0.2, 0.25) is 0 Å². The Hall–Kier alpha value is -3.76. The Kier molecular flexibility index (Phi) is 6.90. The van der Waals surface area contributed by atoms with E-state index in [1.165, 1.54) is 48.4 Å². The van der Waals surface area contributed by atoms with E-state index in [0.29, 0.717) is 0 Å². The summed E-state index contributed by atoms with van der Waals surface area (Å²) in [7, 11) is 1.42. The van der Waals surface area contributed by atoms with Crippen molar-refractivity contribution in [3.05, 3.63) is 98.7 Å². The summed E-state index contributed by atoms with van der Waals surface area (Å²) in [6, 6.07) is 17.5. The number of halogens is 1. The van der Waals surface area contributed by atoms with Crippen molar-refractivity contribution in [1.82, 2.24) is 0 Å². The summed E-state index contributed by atoms with van der Waals surface area (Å²) in [5.74, 6) is -0.545. The zero-order chi connectivity index (χ0) is 24.2. The van der Waals surface area contributed by atoms with E-state index in [4.69, 9.17) is 21.7 Å². The predicted octanol–water partition coefficient (Wildman–Crippen LogP) is 5.73. The molecule has 34 heavy (non-hydrogen) atoms. The van der Waals surface area contributed by atoms with Gasteiger partial charge in [-0.05, 0) is 35.9 Å². The number of carbonyl (C=O) groups is 1. The van der Waals surface area contributed by atoms with Gasteiger partial charge in [0.1, 0.15) is 12.4 Å². The molecule has 0 saturated carbocycles. The zero-order valence-electron chi connectivity index (χ0n) is 17.8. The van der Waals surface area contributed by atoms with Gasteiger partial charge in [0.05, 0.1) is 34.3 Å². The van der Waals surface area contributed by atoms with Gasteiger partial charge in [-0.3, -0.25) is 19.8 Å². The van der Waals surface area contributed by atoms with E-state index in [1.807, 2.05) is 30.3 Å². The van der Waals surface area contributed by atoms with E-state index in [2.05, 4.69) is 0 Å². The number of hydrogen-bond acceptors (Lipinski definition) is 7. The molecular formula is C24H17FN2O5S2. The third kappa shape index (κ3) is 4.92. The minimum atomic E-state index is -0.562. The van der Waals surface area contributed by atoms with Gasteiger partial charge in [0.2, 0.25) is 0 Å². The van der Waals surface area contributed by atoms with Gasteiger partial charge >= 0.3 is 0 Å². The summed E-state index contributed by atoms with van der Waals surface area (Å²) in [6.07, 6.45) is 1.38. The normalized spacial score (nSPS) is 14.5. The molecule has 7 nitrogen and oxygen atoms in total. The van der Waals surface area contributed by atoms with Crippen molar-refractivity contribution in [1.29, 1.82) is 0 Å². The minimum Gasteiger partial charge on any atom is -0.493 e. The summed E-state index contributed by atoms with van der Waals surface area (Å²) in [5.41, 5.74) is 1.05. The summed E-state index contributed by atoms with van der Waals surface area (Å²) < 4.78 is 25.0. The number of nitro benzene ring substituents is 1. The molecule has 0 aromatic heterocycles. The van der Waals surface area contributed by atoms with Crippen molar-refractivity contribution >= 4 is 51.7 Å². The van der Waals surface area contributed by atoms with Crippen molar-refractivity contribution in [2.24, 2.45) is 0 Å². The maximum absolute atomic E-state index is 13.6. The van der Waals surface area contributed by atoms with Crippen LogP contribution in [0.25, 0.3) is 6.08 Å². The lowest BCUT2D eigenvalue weighted by Gasteiger charge is -2.14. The van der Waals surface area contributed by atoms with Gasteiger partial charge in [-0.15, -0.1) is 0 Å². The van der Waals surface area contributed by atoms with Gasteiger partial charge < -0.3 is 9.47 Å². The van der Waals surface area contributed by atoms with Gasteiger partial charge in [-0.2, -0.15) is 0 Å². The minimum absolute atomic E-state index is 0.147. The van der Waals surface area contributed by atoms with Crippen molar-refractivity contribution < 1.29 is 23.6 Å². The maximum atomic E-state index is 13.6. The molecule has 1 fully saturated rings. The third-order valence-corrected chi connectivity index (χ3v) is 6.20. The number of nitrogens with zero attached hydrogens (tertiary/aromatic N) is 2. The lowest BCUT2D eigenvalue weighted by molar-refractivity contribution is -0.385. The number of anilines is 1. The second-order valence-electron chi connectivity index (χ2n) is 7.09. The molecule has 0 N–H and O–H groups in total. The number of ether oxygens (including phenoxy) is 2. The average Bonchev–Trinajstić information content (AvgIpc) is 3.10. The van der Waals surface area contributed by atoms with E-state index in [0.717, 1.165) is 17.3 Å². The number of thioether (sulfide) groups is 1. The number of benzene rings is 3.